The smallest absolute Gasteiger partial charge is 0.341 e. The molecule has 0 radical (unpaired) electrons. The molecule has 0 saturated heterocycles. The second kappa shape index (κ2) is 11.0. The highest BCUT2D eigenvalue weighted by Crippen LogP contribution is 2.31. The Kier molecular flexibility index (Phi) is 7.61. The summed E-state index contributed by atoms with van der Waals surface area (Å²) in [5, 5.41) is 11.2. The first-order valence-electron chi connectivity index (χ1n) is 10.6. The molecule has 2 heterocycles. The van der Waals surface area contributed by atoms with Crippen LogP contribution in [0.2, 0.25) is 0 Å². The number of carbonyl (C=O) groups excluding carboxylic acids is 1. The molecular weight excluding hydrogens is 473 g/mol. The van der Waals surface area contributed by atoms with E-state index in [-0.39, 0.29) is 17.5 Å². The van der Waals surface area contributed by atoms with Gasteiger partial charge in [0.1, 0.15) is 17.1 Å². The van der Waals surface area contributed by atoms with Crippen LogP contribution < -0.4 is 10.6 Å². The highest BCUT2D eigenvalue weighted by Gasteiger charge is 2.19. The first kappa shape index (κ1) is 23.5. The van der Waals surface area contributed by atoms with E-state index in [1.165, 1.54) is 23.5 Å². The molecule has 0 aliphatic carbocycles. The molecule has 0 amide bonds. The summed E-state index contributed by atoms with van der Waals surface area (Å²) in [5.41, 5.74) is 2.46. The normalized spacial score (nSPS) is 10.6. The third-order valence-electron chi connectivity index (χ3n) is 4.75. The van der Waals surface area contributed by atoms with Gasteiger partial charge in [-0.2, -0.15) is 0 Å². The van der Waals surface area contributed by atoms with Gasteiger partial charge in [0.2, 0.25) is 5.95 Å². The molecule has 0 fully saturated rings. The van der Waals surface area contributed by atoms with Gasteiger partial charge in [-0.05, 0) is 48.5 Å². The highest BCUT2D eigenvalue weighted by atomic mass is 32.1. The van der Waals surface area contributed by atoms with E-state index in [9.17, 15) is 9.18 Å². The average molecular weight is 496 g/mol. The van der Waals surface area contributed by atoms with Crippen LogP contribution in [0.15, 0.2) is 67.0 Å². The lowest BCUT2D eigenvalue weighted by Gasteiger charge is -2.08. The number of nitrogens with one attached hydrogen (secondary N) is 2. The van der Waals surface area contributed by atoms with E-state index in [1.807, 2.05) is 36.4 Å². The number of hydrogen-bond acceptors (Lipinski definition) is 6. The van der Waals surface area contributed by atoms with Crippen LogP contribution in [0, 0.1) is 5.82 Å². The van der Waals surface area contributed by atoms with Gasteiger partial charge in [0.05, 0.1) is 18.7 Å². The zero-order chi connectivity index (χ0) is 23.9. The van der Waals surface area contributed by atoms with Crippen LogP contribution in [0.1, 0.15) is 33.3 Å². The van der Waals surface area contributed by atoms with Crippen LogP contribution in [-0.4, -0.2) is 32.5 Å². The molecule has 0 spiro atoms. The van der Waals surface area contributed by atoms with E-state index < -0.39 is 5.97 Å². The van der Waals surface area contributed by atoms with Crippen molar-refractivity contribution in [1.82, 2.24) is 14.8 Å². The Hall–Kier alpha value is -3.63. The van der Waals surface area contributed by atoms with Gasteiger partial charge in [0.25, 0.3) is 0 Å². The predicted molar refractivity (Wildman–Crippen MR) is 135 cm³/mol. The van der Waals surface area contributed by atoms with Crippen molar-refractivity contribution in [3.05, 3.63) is 94.4 Å². The highest BCUT2D eigenvalue weighted by molar-refractivity contribution is 7.80. The minimum atomic E-state index is -0.412. The van der Waals surface area contributed by atoms with Crippen molar-refractivity contribution in [2.24, 2.45) is 0 Å². The van der Waals surface area contributed by atoms with Crippen molar-refractivity contribution in [1.29, 1.82) is 0 Å². The molecule has 2 aromatic heterocycles. The molecular formula is C24H22FN5O2S2. The maximum Gasteiger partial charge on any atom is 0.341 e. The Bertz CT molecular complexity index is 1270. The molecule has 4 aromatic rings. The van der Waals surface area contributed by atoms with E-state index in [2.05, 4.69) is 20.7 Å². The van der Waals surface area contributed by atoms with Crippen LogP contribution >= 0.6 is 23.6 Å². The van der Waals surface area contributed by atoms with Gasteiger partial charge < -0.3 is 10.1 Å². The standard InChI is InChI=1S/C24H22FN5O2S2/c1-2-32-22(31)20-13-19(12-16-6-4-3-5-7-16)34-21(20)27-24(33)28-23-26-15-30(29-23)14-17-8-10-18(25)11-9-17/h3-11,13,15H,2,12,14H2,1H3,(H2,27,28,29,33). The zero-order valence-electron chi connectivity index (χ0n) is 18.3. The van der Waals surface area contributed by atoms with E-state index in [0.717, 1.165) is 16.0 Å². The quantitative estimate of drug-likeness (QED) is 0.260. The fourth-order valence-corrected chi connectivity index (χ4v) is 4.56. The van der Waals surface area contributed by atoms with Gasteiger partial charge >= 0.3 is 5.97 Å². The first-order chi connectivity index (χ1) is 16.5. The van der Waals surface area contributed by atoms with Gasteiger partial charge in [0, 0.05) is 11.3 Å². The van der Waals surface area contributed by atoms with Crippen molar-refractivity contribution in [2.75, 3.05) is 17.2 Å². The third kappa shape index (κ3) is 6.24. The fourth-order valence-electron chi connectivity index (χ4n) is 3.22. The SMILES string of the molecule is CCOC(=O)c1cc(Cc2ccccc2)sc1NC(=S)Nc1ncn(Cc2ccc(F)cc2)n1. The number of anilines is 2. The molecule has 0 atom stereocenters. The van der Waals surface area contributed by atoms with Gasteiger partial charge in [-0.3, -0.25) is 5.32 Å². The van der Waals surface area contributed by atoms with Crippen molar-refractivity contribution in [3.63, 3.8) is 0 Å². The van der Waals surface area contributed by atoms with E-state index >= 15 is 0 Å². The lowest BCUT2D eigenvalue weighted by molar-refractivity contribution is 0.0528. The molecule has 2 aromatic carbocycles. The average Bonchev–Trinajstić information content (AvgIpc) is 3.42. The number of ether oxygens (including phenoxy) is 1. The largest absolute Gasteiger partial charge is 0.462 e. The van der Waals surface area contributed by atoms with E-state index in [0.29, 0.717) is 29.5 Å². The van der Waals surface area contributed by atoms with Crippen molar-refractivity contribution < 1.29 is 13.9 Å². The van der Waals surface area contributed by atoms with Crippen LogP contribution in [0.4, 0.5) is 15.3 Å². The van der Waals surface area contributed by atoms with Crippen LogP contribution in [0.3, 0.4) is 0 Å². The lowest BCUT2D eigenvalue weighted by Crippen LogP contribution is -2.21. The van der Waals surface area contributed by atoms with Gasteiger partial charge in [0.15, 0.2) is 5.11 Å². The summed E-state index contributed by atoms with van der Waals surface area (Å²) < 4.78 is 19.9. The summed E-state index contributed by atoms with van der Waals surface area (Å²) in [4.78, 5) is 17.7. The van der Waals surface area contributed by atoms with Crippen molar-refractivity contribution >= 4 is 45.6 Å². The number of rotatable bonds is 8. The summed E-state index contributed by atoms with van der Waals surface area (Å²) in [6.07, 6.45) is 2.25. The number of carbonyl (C=O) groups is 1. The van der Waals surface area contributed by atoms with Crippen LogP contribution in [0.25, 0.3) is 0 Å². The minimum absolute atomic E-state index is 0.248. The number of halogens is 1. The molecule has 0 unspecified atom stereocenters. The second-order valence-electron chi connectivity index (χ2n) is 7.31. The van der Waals surface area contributed by atoms with Gasteiger partial charge in [-0.25, -0.2) is 18.9 Å². The number of esters is 1. The molecule has 0 saturated carbocycles. The first-order valence-corrected chi connectivity index (χ1v) is 11.8. The second-order valence-corrected chi connectivity index (χ2v) is 8.85. The summed E-state index contributed by atoms with van der Waals surface area (Å²) >= 11 is 6.86. The lowest BCUT2D eigenvalue weighted by atomic mass is 10.1. The molecule has 174 valence electrons. The van der Waals surface area contributed by atoms with Crippen molar-refractivity contribution in [3.8, 4) is 0 Å². The number of hydrogen-bond donors (Lipinski definition) is 2. The molecule has 0 bridgehead atoms. The maximum atomic E-state index is 13.1. The summed E-state index contributed by atoms with van der Waals surface area (Å²) in [7, 11) is 0. The Morgan fingerprint density at radius 1 is 1.12 bits per heavy atom. The van der Waals surface area contributed by atoms with Crippen molar-refractivity contribution in [2.45, 2.75) is 19.9 Å². The Morgan fingerprint density at radius 2 is 1.88 bits per heavy atom. The molecule has 34 heavy (non-hydrogen) atoms. The van der Waals surface area contributed by atoms with E-state index in [1.54, 1.807) is 30.1 Å². The number of thiocarbonyl (C=S) groups is 1. The number of benzene rings is 2. The summed E-state index contributed by atoms with van der Waals surface area (Å²) in [6, 6.07) is 18.0. The molecule has 2 N–H and O–H groups in total. The van der Waals surface area contributed by atoms with Gasteiger partial charge in [-0.15, -0.1) is 16.4 Å². The Labute approximate surface area is 205 Å². The summed E-state index contributed by atoms with van der Waals surface area (Å²) in [5.74, 6) is -0.396. The predicted octanol–water partition coefficient (Wildman–Crippen LogP) is 5.10. The molecule has 10 heteroatoms. The molecule has 0 aliphatic rings. The number of nitrogens with zero attached hydrogens (tertiary/aromatic N) is 3. The topological polar surface area (TPSA) is 81.1 Å². The summed E-state index contributed by atoms with van der Waals surface area (Å²) in [6.45, 7) is 2.48. The minimum Gasteiger partial charge on any atom is -0.462 e. The molecule has 0 aliphatic heterocycles. The zero-order valence-corrected chi connectivity index (χ0v) is 20.0. The van der Waals surface area contributed by atoms with Crippen LogP contribution in [0.5, 0.6) is 0 Å². The molecule has 7 nitrogen and oxygen atoms in total. The fraction of sp³-hybridized carbons (Fsp3) is 0.167. The number of thiophene rings is 1. The van der Waals surface area contributed by atoms with Gasteiger partial charge in [-0.1, -0.05) is 42.5 Å². The monoisotopic (exact) mass is 495 g/mol. The van der Waals surface area contributed by atoms with Crippen LogP contribution in [-0.2, 0) is 17.7 Å². The molecule has 4 rings (SSSR count). The third-order valence-corrected chi connectivity index (χ3v) is 6.00. The number of aromatic nitrogens is 3. The van der Waals surface area contributed by atoms with E-state index in [4.69, 9.17) is 17.0 Å². The Morgan fingerprint density at radius 3 is 2.62 bits per heavy atom. The Balaban J connectivity index is 1.43. The maximum absolute atomic E-state index is 13.1.